The van der Waals surface area contributed by atoms with Gasteiger partial charge in [-0.1, -0.05) is 18.9 Å². The Balaban J connectivity index is 2.01. The van der Waals surface area contributed by atoms with E-state index in [-0.39, 0.29) is 0 Å². The summed E-state index contributed by atoms with van der Waals surface area (Å²) in [4.78, 5) is 2.11. The van der Waals surface area contributed by atoms with Gasteiger partial charge in [-0.15, -0.1) is 5.11 Å². The lowest BCUT2D eigenvalue weighted by molar-refractivity contribution is -0.00149. The van der Waals surface area contributed by atoms with Crippen LogP contribution in [-0.2, 0) is 0 Å². The van der Waals surface area contributed by atoms with Gasteiger partial charge in [-0.05, 0) is 44.1 Å². The van der Waals surface area contributed by atoms with Gasteiger partial charge in [0.15, 0.2) is 0 Å². The molecule has 2 aliphatic heterocycles. The standard InChI is InChI=1S/C14H20N4OS/c1-12(13-8-4-7-11-18(13)19)15-16-14(20)17-9-5-2-3-6-10-17/h4,7-8,11,19H,2-3,5-6,9-10H2,1H3. The number of thiocarbonyl (C=S) groups is 1. The number of allylic oxidation sites excluding steroid dienone is 4. The molecular weight excluding hydrogens is 272 g/mol. The molecule has 1 saturated heterocycles. The van der Waals surface area contributed by atoms with E-state index >= 15 is 0 Å². The molecule has 5 nitrogen and oxygen atoms in total. The van der Waals surface area contributed by atoms with Crippen LogP contribution in [0.4, 0.5) is 0 Å². The van der Waals surface area contributed by atoms with E-state index in [1.807, 2.05) is 6.08 Å². The van der Waals surface area contributed by atoms with Crippen molar-refractivity contribution in [2.45, 2.75) is 32.6 Å². The quantitative estimate of drug-likeness (QED) is 0.592. The molecule has 0 aromatic heterocycles. The van der Waals surface area contributed by atoms with E-state index in [4.69, 9.17) is 12.2 Å². The zero-order valence-corrected chi connectivity index (χ0v) is 12.5. The van der Waals surface area contributed by atoms with E-state index < -0.39 is 0 Å². The molecule has 0 radical (unpaired) electrons. The summed E-state index contributed by atoms with van der Waals surface area (Å²) < 4.78 is 0. The number of hydrogen-bond donors (Lipinski definition) is 1. The van der Waals surface area contributed by atoms with Crippen molar-refractivity contribution in [1.82, 2.24) is 9.96 Å². The molecule has 0 bridgehead atoms. The zero-order valence-electron chi connectivity index (χ0n) is 11.7. The van der Waals surface area contributed by atoms with Crippen LogP contribution < -0.4 is 0 Å². The Kier molecular flexibility index (Phi) is 5.43. The molecule has 0 aromatic carbocycles. The van der Waals surface area contributed by atoms with Crippen LogP contribution in [0.15, 0.2) is 46.1 Å². The molecule has 0 spiro atoms. The number of rotatable bonds is 1. The summed E-state index contributed by atoms with van der Waals surface area (Å²) in [7, 11) is 0. The summed E-state index contributed by atoms with van der Waals surface area (Å²) in [5, 5.41) is 19.5. The zero-order chi connectivity index (χ0) is 14.4. The van der Waals surface area contributed by atoms with Crippen LogP contribution in [-0.4, -0.2) is 33.4 Å². The molecule has 0 amide bonds. The maximum Gasteiger partial charge on any atom is 0.216 e. The summed E-state index contributed by atoms with van der Waals surface area (Å²) >= 11 is 5.32. The molecule has 108 valence electrons. The lowest BCUT2D eigenvalue weighted by atomic mass is 10.2. The Hall–Kier alpha value is -1.53. The first kappa shape index (κ1) is 14.9. The van der Waals surface area contributed by atoms with Crippen LogP contribution in [0, 0.1) is 0 Å². The lowest BCUT2D eigenvalue weighted by Crippen LogP contribution is -2.28. The molecule has 20 heavy (non-hydrogen) atoms. The van der Waals surface area contributed by atoms with Crippen molar-refractivity contribution in [3.63, 3.8) is 0 Å². The molecule has 0 aliphatic carbocycles. The number of hydrogen-bond acceptors (Lipinski definition) is 4. The highest BCUT2D eigenvalue weighted by Crippen LogP contribution is 2.16. The third kappa shape index (κ3) is 3.98. The monoisotopic (exact) mass is 292 g/mol. The van der Waals surface area contributed by atoms with Gasteiger partial charge < -0.3 is 4.90 Å². The minimum absolute atomic E-state index is 0.534. The van der Waals surface area contributed by atoms with Gasteiger partial charge in [0, 0.05) is 19.3 Å². The van der Waals surface area contributed by atoms with Gasteiger partial charge in [0.25, 0.3) is 0 Å². The summed E-state index contributed by atoms with van der Waals surface area (Å²) in [5.74, 6) is 0. The Morgan fingerprint density at radius 2 is 1.85 bits per heavy atom. The number of hydroxylamine groups is 2. The SMILES string of the molecule is CC(N=NC(=S)N1CCCCCC1)=C1C=CC=CN1O. The minimum atomic E-state index is 0.534. The second-order valence-electron chi connectivity index (χ2n) is 4.90. The summed E-state index contributed by atoms with van der Waals surface area (Å²) in [6.45, 7) is 3.72. The van der Waals surface area contributed by atoms with E-state index in [2.05, 4.69) is 15.1 Å². The van der Waals surface area contributed by atoms with E-state index in [0.29, 0.717) is 16.5 Å². The van der Waals surface area contributed by atoms with Gasteiger partial charge in [0.1, 0.15) is 0 Å². The Morgan fingerprint density at radius 3 is 2.50 bits per heavy atom. The fraction of sp³-hybridized carbons (Fsp3) is 0.500. The van der Waals surface area contributed by atoms with Crippen molar-refractivity contribution in [1.29, 1.82) is 0 Å². The smallest absolute Gasteiger partial charge is 0.216 e. The van der Waals surface area contributed by atoms with Crippen molar-refractivity contribution in [2.24, 2.45) is 10.2 Å². The Labute approximate surface area is 124 Å². The molecule has 1 N–H and O–H groups in total. The third-order valence-corrected chi connectivity index (χ3v) is 3.71. The average molecular weight is 292 g/mol. The van der Waals surface area contributed by atoms with Gasteiger partial charge in [0.05, 0.1) is 11.4 Å². The predicted octanol–water partition coefficient (Wildman–Crippen LogP) is 3.61. The molecule has 2 heterocycles. The van der Waals surface area contributed by atoms with Gasteiger partial charge in [-0.25, -0.2) is 5.06 Å². The van der Waals surface area contributed by atoms with E-state index in [0.717, 1.165) is 31.0 Å². The average Bonchev–Trinajstić information content (AvgIpc) is 2.74. The number of azo groups is 1. The first-order chi connectivity index (χ1) is 9.68. The van der Waals surface area contributed by atoms with Crippen molar-refractivity contribution in [2.75, 3.05) is 13.1 Å². The predicted molar refractivity (Wildman–Crippen MR) is 82.1 cm³/mol. The summed E-state index contributed by atoms with van der Waals surface area (Å²) in [6, 6.07) is 0. The second-order valence-corrected chi connectivity index (χ2v) is 5.26. The van der Waals surface area contributed by atoms with E-state index in [1.165, 1.54) is 12.8 Å². The van der Waals surface area contributed by atoms with Crippen LogP contribution in [0.2, 0.25) is 0 Å². The highest BCUT2D eigenvalue weighted by molar-refractivity contribution is 7.80. The minimum Gasteiger partial charge on any atom is -0.346 e. The molecule has 1 fully saturated rings. The first-order valence-corrected chi connectivity index (χ1v) is 7.34. The Bertz CT molecular complexity index is 474. The highest BCUT2D eigenvalue weighted by atomic mass is 32.1. The van der Waals surface area contributed by atoms with Crippen molar-refractivity contribution in [3.05, 3.63) is 35.8 Å². The first-order valence-electron chi connectivity index (χ1n) is 6.93. The molecule has 0 saturated carbocycles. The molecule has 2 rings (SSSR count). The molecule has 0 unspecified atom stereocenters. The number of likely N-dealkylation sites (tertiary alicyclic amines) is 1. The molecule has 6 heteroatoms. The Morgan fingerprint density at radius 1 is 1.15 bits per heavy atom. The summed E-state index contributed by atoms with van der Waals surface area (Å²) in [5.41, 5.74) is 1.24. The largest absolute Gasteiger partial charge is 0.346 e. The van der Waals surface area contributed by atoms with Crippen molar-refractivity contribution < 1.29 is 5.21 Å². The fourth-order valence-electron chi connectivity index (χ4n) is 2.22. The van der Waals surface area contributed by atoms with Crippen LogP contribution in [0.25, 0.3) is 0 Å². The highest BCUT2D eigenvalue weighted by Gasteiger charge is 2.12. The van der Waals surface area contributed by atoms with Crippen LogP contribution >= 0.6 is 12.2 Å². The summed E-state index contributed by atoms with van der Waals surface area (Å²) in [6.07, 6.45) is 11.8. The van der Waals surface area contributed by atoms with Gasteiger partial charge in [-0.2, -0.15) is 5.11 Å². The molecule has 0 atom stereocenters. The van der Waals surface area contributed by atoms with Crippen molar-refractivity contribution in [3.8, 4) is 0 Å². The second kappa shape index (κ2) is 7.31. The number of nitrogens with zero attached hydrogens (tertiary/aromatic N) is 4. The molecule has 0 aromatic rings. The van der Waals surface area contributed by atoms with Crippen LogP contribution in [0.1, 0.15) is 32.6 Å². The third-order valence-electron chi connectivity index (χ3n) is 3.37. The van der Waals surface area contributed by atoms with E-state index in [1.54, 1.807) is 25.3 Å². The lowest BCUT2D eigenvalue weighted by Gasteiger charge is -2.19. The van der Waals surface area contributed by atoms with Crippen molar-refractivity contribution >= 4 is 17.3 Å². The van der Waals surface area contributed by atoms with Crippen LogP contribution in [0.3, 0.4) is 0 Å². The van der Waals surface area contributed by atoms with Crippen LogP contribution in [0.5, 0.6) is 0 Å². The maximum absolute atomic E-state index is 9.68. The molecule has 2 aliphatic rings. The maximum atomic E-state index is 9.68. The topological polar surface area (TPSA) is 51.4 Å². The normalized spacial score (nSPS) is 22.3. The van der Waals surface area contributed by atoms with Gasteiger partial charge in [0.2, 0.25) is 5.11 Å². The van der Waals surface area contributed by atoms with Gasteiger partial charge in [-0.3, -0.25) is 5.21 Å². The fourth-order valence-corrected chi connectivity index (χ4v) is 2.44. The van der Waals surface area contributed by atoms with E-state index in [9.17, 15) is 5.21 Å². The van der Waals surface area contributed by atoms with Gasteiger partial charge >= 0.3 is 0 Å². The molecular formula is C14H20N4OS.